The highest BCUT2D eigenvalue weighted by Crippen LogP contribution is 2.03. The first-order valence-corrected chi connectivity index (χ1v) is 5.48. The lowest BCUT2D eigenvalue weighted by atomic mass is 10.1. The average Bonchev–Trinajstić information content (AvgIpc) is 2.29. The highest BCUT2D eigenvalue weighted by Gasteiger charge is 2.10. The van der Waals surface area contributed by atoms with Crippen molar-refractivity contribution in [3.05, 3.63) is 30.1 Å². The van der Waals surface area contributed by atoms with E-state index in [1.807, 2.05) is 0 Å². The summed E-state index contributed by atoms with van der Waals surface area (Å²) < 4.78 is 0. The van der Waals surface area contributed by atoms with Crippen LogP contribution in [0, 0.1) is 0 Å². The molecule has 3 nitrogen and oxygen atoms in total. The van der Waals surface area contributed by atoms with Crippen molar-refractivity contribution in [2.24, 2.45) is 0 Å². The van der Waals surface area contributed by atoms with Gasteiger partial charge in [0, 0.05) is 18.4 Å². The third kappa shape index (κ3) is 3.70. The molecule has 1 aromatic heterocycles. The quantitative estimate of drug-likeness (QED) is 0.803. The minimum atomic E-state index is -0.0246. The molecule has 0 radical (unpaired) electrons. The van der Waals surface area contributed by atoms with Crippen molar-refractivity contribution in [1.29, 1.82) is 0 Å². The van der Waals surface area contributed by atoms with Gasteiger partial charge in [0.2, 0.25) is 0 Å². The van der Waals surface area contributed by atoms with E-state index in [9.17, 15) is 4.79 Å². The molecule has 3 heteroatoms. The molecule has 82 valence electrons. The standard InChI is InChI=1S/C12H18N2O/c1-3-6-11(4-2)14-12(15)10-7-5-8-13-9-10/h5,7-9,11H,3-4,6H2,1-2H3,(H,14,15). The van der Waals surface area contributed by atoms with Crippen molar-refractivity contribution < 1.29 is 4.79 Å². The maximum absolute atomic E-state index is 11.7. The smallest absolute Gasteiger partial charge is 0.253 e. The van der Waals surface area contributed by atoms with Crippen LogP contribution in [-0.2, 0) is 0 Å². The zero-order chi connectivity index (χ0) is 11.1. The van der Waals surface area contributed by atoms with Gasteiger partial charge in [-0.15, -0.1) is 0 Å². The molecule has 0 bridgehead atoms. The number of carbonyl (C=O) groups is 1. The van der Waals surface area contributed by atoms with Gasteiger partial charge in [0.05, 0.1) is 5.56 Å². The maximum atomic E-state index is 11.7. The number of hydrogen-bond donors (Lipinski definition) is 1. The summed E-state index contributed by atoms with van der Waals surface area (Å²) >= 11 is 0. The molecule has 1 heterocycles. The molecule has 0 saturated carbocycles. The molecule has 1 aromatic rings. The molecule has 1 rings (SSSR count). The third-order valence-corrected chi connectivity index (χ3v) is 2.39. The van der Waals surface area contributed by atoms with Crippen LogP contribution in [0.4, 0.5) is 0 Å². The van der Waals surface area contributed by atoms with E-state index in [-0.39, 0.29) is 11.9 Å². The Morgan fingerprint density at radius 3 is 2.87 bits per heavy atom. The van der Waals surface area contributed by atoms with Gasteiger partial charge in [-0.2, -0.15) is 0 Å². The van der Waals surface area contributed by atoms with Gasteiger partial charge >= 0.3 is 0 Å². The van der Waals surface area contributed by atoms with E-state index in [0.717, 1.165) is 19.3 Å². The molecule has 0 fully saturated rings. The van der Waals surface area contributed by atoms with Crippen molar-refractivity contribution in [3.8, 4) is 0 Å². The largest absolute Gasteiger partial charge is 0.349 e. The number of nitrogens with zero attached hydrogens (tertiary/aromatic N) is 1. The van der Waals surface area contributed by atoms with E-state index in [4.69, 9.17) is 0 Å². The zero-order valence-corrected chi connectivity index (χ0v) is 9.36. The Kier molecular flexibility index (Phi) is 4.81. The summed E-state index contributed by atoms with van der Waals surface area (Å²) in [6, 6.07) is 3.83. The molecule has 0 aliphatic rings. The van der Waals surface area contributed by atoms with Crippen molar-refractivity contribution in [3.63, 3.8) is 0 Å². The van der Waals surface area contributed by atoms with Crippen LogP contribution in [-0.4, -0.2) is 16.9 Å². The van der Waals surface area contributed by atoms with Gasteiger partial charge in [0.15, 0.2) is 0 Å². The summed E-state index contributed by atoms with van der Waals surface area (Å²) in [4.78, 5) is 15.7. The zero-order valence-electron chi connectivity index (χ0n) is 9.36. The first-order valence-electron chi connectivity index (χ1n) is 5.48. The van der Waals surface area contributed by atoms with Gasteiger partial charge in [-0.1, -0.05) is 20.3 Å². The number of pyridine rings is 1. The van der Waals surface area contributed by atoms with Gasteiger partial charge in [-0.3, -0.25) is 9.78 Å². The lowest BCUT2D eigenvalue weighted by molar-refractivity contribution is 0.0933. The second kappa shape index (κ2) is 6.17. The molecule has 15 heavy (non-hydrogen) atoms. The Morgan fingerprint density at radius 1 is 1.53 bits per heavy atom. The highest BCUT2D eigenvalue weighted by atomic mass is 16.1. The number of aromatic nitrogens is 1. The van der Waals surface area contributed by atoms with Crippen LogP contribution in [0.2, 0.25) is 0 Å². The predicted octanol–water partition coefficient (Wildman–Crippen LogP) is 2.39. The van der Waals surface area contributed by atoms with Gasteiger partial charge in [-0.05, 0) is 25.0 Å². The first-order chi connectivity index (χ1) is 7.27. The van der Waals surface area contributed by atoms with Crippen molar-refractivity contribution in [2.75, 3.05) is 0 Å². The normalized spacial score (nSPS) is 12.1. The number of amides is 1. The Labute approximate surface area is 90.9 Å². The second-order valence-electron chi connectivity index (χ2n) is 3.61. The molecule has 1 amide bonds. The number of rotatable bonds is 5. The minimum Gasteiger partial charge on any atom is -0.349 e. The van der Waals surface area contributed by atoms with Gasteiger partial charge in [-0.25, -0.2) is 0 Å². The molecule has 0 aliphatic heterocycles. The minimum absolute atomic E-state index is 0.0246. The Hall–Kier alpha value is -1.38. The number of carbonyl (C=O) groups excluding carboxylic acids is 1. The summed E-state index contributed by atoms with van der Waals surface area (Å²) in [7, 11) is 0. The molecule has 0 spiro atoms. The molecule has 1 atom stereocenters. The van der Waals surface area contributed by atoms with Gasteiger partial charge < -0.3 is 5.32 Å². The Bertz CT molecular complexity index is 298. The topological polar surface area (TPSA) is 42.0 Å². The summed E-state index contributed by atoms with van der Waals surface area (Å²) in [5, 5.41) is 3.00. The van der Waals surface area contributed by atoms with E-state index in [1.165, 1.54) is 0 Å². The van der Waals surface area contributed by atoms with Crippen molar-refractivity contribution in [2.45, 2.75) is 39.2 Å². The van der Waals surface area contributed by atoms with Crippen molar-refractivity contribution in [1.82, 2.24) is 10.3 Å². The molecule has 1 unspecified atom stereocenters. The SMILES string of the molecule is CCCC(CC)NC(=O)c1cccnc1. The van der Waals surface area contributed by atoms with E-state index in [0.29, 0.717) is 5.56 Å². The van der Waals surface area contributed by atoms with Crippen LogP contribution in [0.1, 0.15) is 43.5 Å². The van der Waals surface area contributed by atoms with Crippen LogP contribution < -0.4 is 5.32 Å². The van der Waals surface area contributed by atoms with Gasteiger partial charge in [0.1, 0.15) is 0 Å². The van der Waals surface area contributed by atoms with Crippen LogP contribution in [0.3, 0.4) is 0 Å². The maximum Gasteiger partial charge on any atom is 0.253 e. The highest BCUT2D eigenvalue weighted by molar-refractivity contribution is 5.93. The van der Waals surface area contributed by atoms with E-state index in [2.05, 4.69) is 24.1 Å². The molecule has 0 saturated heterocycles. The Balaban J connectivity index is 2.55. The summed E-state index contributed by atoms with van der Waals surface area (Å²) in [5.41, 5.74) is 0.632. The summed E-state index contributed by atoms with van der Waals surface area (Å²) in [6.45, 7) is 4.21. The molecule has 0 aromatic carbocycles. The summed E-state index contributed by atoms with van der Waals surface area (Å²) in [5.74, 6) is -0.0246. The van der Waals surface area contributed by atoms with Crippen LogP contribution in [0.15, 0.2) is 24.5 Å². The lowest BCUT2D eigenvalue weighted by Gasteiger charge is -2.15. The predicted molar refractivity (Wildman–Crippen MR) is 60.7 cm³/mol. The van der Waals surface area contributed by atoms with Crippen LogP contribution in [0.5, 0.6) is 0 Å². The fourth-order valence-electron chi connectivity index (χ4n) is 1.49. The van der Waals surface area contributed by atoms with E-state index < -0.39 is 0 Å². The van der Waals surface area contributed by atoms with E-state index in [1.54, 1.807) is 24.5 Å². The lowest BCUT2D eigenvalue weighted by Crippen LogP contribution is -2.34. The molecule has 0 aliphatic carbocycles. The fourth-order valence-corrected chi connectivity index (χ4v) is 1.49. The Morgan fingerprint density at radius 2 is 2.33 bits per heavy atom. The monoisotopic (exact) mass is 206 g/mol. The fraction of sp³-hybridized carbons (Fsp3) is 0.500. The molecular weight excluding hydrogens is 188 g/mol. The van der Waals surface area contributed by atoms with Crippen molar-refractivity contribution >= 4 is 5.91 Å². The van der Waals surface area contributed by atoms with E-state index >= 15 is 0 Å². The third-order valence-electron chi connectivity index (χ3n) is 2.39. The molecular formula is C12H18N2O. The first kappa shape index (κ1) is 11.7. The van der Waals surface area contributed by atoms with Gasteiger partial charge in [0.25, 0.3) is 5.91 Å². The summed E-state index contributed by atoms with van der Waals surface area (Å²) in [6.07, 6.45) is 6.35. The number of nitrogens with one attached hydrogen (secondary N) is 1. The second-order valence-corrected chi connectivity index (χ2v) is 3.61. The number of hydrogen-bond acceptors (Lipinski definition) is 2. The molecule has 1 N–H and O–H groups in total. The average molecular weight is 206 g/mol. The van der Waals surface area contributed by atoms with Crippen LogP contribution in [0.25, 0.3) is 0 Å². The van der Waals surface area contributed by atoms with Crippen LogP contribution >= 0.6 is 0 Å².